The number of aliphatic hydroxyl groups excluding tert-OH is 1. The predicted octanol–water partition coefficient (Wildman–Crippen LogP) is 4.33. The van der Waals surface area contributed by atoms with Gasteiger partial charge in [0.1, 0.15) is 0 Å². The molecule has 2 aromatic carbocycles. The smallest absolute Gasteiger partial charge is 0.0465 e. The van der Waals surface area contributed by atoms with Crippen LogP contribution in [0.2, 0.25) is 0 Å². The highest BCUT2D eigenvalue weighted by Gasteiger charge is 2.14. The van der Waals surface area contributed by atoms with Gasteiger partial charge in [0.2, 0.25) is 0 Å². The van der Waals surface area contributed by atoms with Crippen LogP contribution in [0, 0.1) is 5.92 Å². The maximum Gasteiger partial charge on any atom is 0.0465 e. The number of aliphatic hydroxyl groups is 1. The van der Waals surface area contributed by atoms with Gasteiger partial charge in [-0.3, -0.25) is 0 Å². The molecule has 0 fully saturated rings. The van der Waals surface area contributed by atoms with Crippen LogP contribution in [0.5, 0.6) is 0 Å². The molecule has 1 atom stereocenters. The monoisotopic (exact) mass is 344 g/mol. The number of hydrogen-bond donors (Lipinski definition) is 1. The van der Waals surface area contributed by atoms with Gasteiger partial charge in [-0.2, -0.15) is 0 Å². The lowest BCUT2D eigenvalue weighted by Gasteiger charge is -2.15. The minimum atomic E-state index is 0.243. The van der Waals surface area contributed by atoms with Crippen molar-refractivity contribution in [3.8, 4) is 0 Å². The molecule has 0 radical (unpaired) electrons. The van der Waals surface area contributed by atoms with Crippen LogP contribution < -0.4 is 0 Å². The minimum Gasteiger partial charge on any atom is -0.396 e. The summed E-state index contributed by atoms with van der Waals surface area (Å²) in [4.78, 5) is 0. The van der Waals surface area contributed by atoms with E-state index in [-0.39, 0.29) is 6.61 Å². The standard InChI is InChI=1S/C19H21BrO/c20-19-8-5-14(6-9-19)10-16(13-21)11-15-4-7-17-2-1-3-18(17)12-15/h4-9,12,16,21H,1-3,10-11,13H2. The number of rotatable bonds is 5. The van der Waals surface area contributed by atoms with Crippen molar-refractivity contribution in [3.63, 3.8) is 0 Å². The maximum absolute atomic E-state index is 9.69. The van der Waals surface area contributed by atoms with Crippen LogP contribution in [0.15, 0.2) is 46.9 Å². The van der Waals surface area contributed by atoms with Gasteiger partial charge >= 0.3 is 0 Å². The van der Waals surface area contributed by atoms with Crippen LogP contribution in [0.1, 0.15) is 28.7 Å². The van der Waals surface area contributed by atoms with Crippen LogP contribution in [-0.2, 0) is 25.7 Å². The summed E-state index contributed by atoms with van der Waals surface area (Å²) in [6.07, 6.45) is 5.64. The second-order valence-corrected chi connectivity index (χ2v) is 6.96. The molecule has 1 aliphatic rings. The van der Waals surface area contributed by atoms with Gasteiger partial charge in [0.25, 0.3) is 0 Å². The van der Waals surface area contributed by atoms with Crippen molar-refractivity contribution < 1.29 is 5.11 Å². The van der Waals surface area contributed by atoms with Crippen molar-refractivity contribution in [2.75, 3.05) is 6.61 Å². The minimum absolute atomic E-state index is 0.243. The number of hydrogen-bond acceptors (Lipinski definition) is 1. The molecule has 1 unspecified atom stereocenters. The fourth-order valence-corrected chi connectivity index (χ4v) is 3.50. The zero-order valence-electron chi connectivity index (χ0n) is 12.2. The Labute approximate surface area is 135 Å². The van der Waals surface area contributed by atoms with Crippen molar-refractivity contribution in [1.29, 1.82) is 0 Å². The lowest BCUT2D eigenvalue weighted by Crippen LogP contribution is -2.13. The van der Waals surface area contributed by atoms with Crippen LogP contribution in [0.25, 0.3) is 0 Å². The fourth-order valence-electron chi connectivity index (χ4n) is 3.24. The Morgan fingerprint density at radius 2 is 1.57 bits per heavy atom. The molecular weight excluding hydrogens is 324 g/mol. The molecule has 21 heavy (non-hydrogen) atoms. The van der Waals surface area contributed by atoms with E-state index in [0.717, 1.165) is 17.3 Å². The molecule has 0 heterocycles. The summed E-state index contributed by atoms with van der Waals surface area (Å²) < 4.78 is 1.10. The van der Waals surface area contributed by atoms with Crippen LogP contribution in [0.4, 0.5) is 0 Å². The highest BCUT2D eigenvalue weighted by molar-refractivity contribution is 9.10. The molecule has 1 aliphatic carbocycles. The van der Waals surface area contributed by atoms with Crippen LogP contribution >= 0.6 is 15.9 Å². The topological polar surface area (TPSA) is 20.2 Å². The molecule has 0 aliphatic heterocycles. The zero-order chi connectivity index (χ0) is 14.7. The Balaban J connectivity index is 1.68. The summed E-state index contributed by atoms with van der Waals surface area (Å²) >= 11 is 3.46. The van der Waals surface area contributed by atoms with Gasteiger partial charge in [-0.25, -0.2) is 0 Å². The van der Waals surface area contributed by atoms with Gasteiger partial charge in [-0.1, -0.05) is 46.3 Å². The lowest BCUT2D eigenvalue weighted by atomic mass is 9.92. The summed E-state index contributed by atoms with van der Waals surface area (Å²) in [6.45, 7) is 0.243. The second kappa shape index (κ2) is 6.76. The Hall–Kier alpha value is -1.12. The first kappa shape index (κ1) is 14.8. The van der Waals surface area contributed by atoms with E-state index in [1.165, 1.54) is 41.5 Å². The molecule has 3 rings (SSSR count). The van der Waals surface area contributed by atoms with Gasteiger partial charge in [-0.05, 0) is 72.4 Å². The molecule has 0 spiro atoms. The van der Waals surface area contributed by atoms with E-state index in [1.54, 1.807) is 0 Å². The first-order valence-corrected chi connectivity index (χ1v) is 8.50. The predicted molar refractivity (Wildman–Crippen MR) is 90.6 cm³/mol. The highest BCUT2D eigenvalue weighted by atomic mass is 79.9. The molecule has 1 nitrogen and oxygen atoms in total. The van der Waals surface area contributed by atoms with E-state index in [4.69, 9.17) is 0 Å². The van der Waals surface area contributed by atoms with Crippen molar-refractivity contribution in [2.24, 2.45) is 5.92 Å². The Morgan fingerprint density at radius 3 is 2.33 bits per heavy atom. The summed E-state index contributed by atoms with van der Waals surface area (Å²) in [5, 5.41) is 9.69. The molecule has 110 valence electrons. The molecular formula is C19H21BrO. The number of benzene rings is 2. The largest absolute Gasteiger partial charge is 0.396 e. The van der Waals surface area contributed by atoms with E-state index in [2.05, 4.69) is 58.4 Å². The van der Waals surface area contributed by atoms with E-state index in [0.29, 0.717) is 5.92 Å². The van der Waals surface area contributed by atoms with Gasteiger partial charge in [-0.15, -0.1) is 0 Å². The first-order valence-electron chi connectivity index (χ1n) is 7.70. The van der Waals surface area contributed by atoms with Gasteiger partial charge in [0.05, 0.1) is 0 Å². The lowest BCUT2D eigenvalue weighted by molar-refractivity contribution is 0.225. The molecule has 1 N–H and O–H groups in total. The van der Waals surface area contributed by atoms with Gasteiger partial charge in [0.15, 0.2) is 0 Å². The molecule has 0 saturated heterocycles. The van der Waals surface area contributed by atoms with Crippen LogP contribution in [-0.4, -0.2) is 11.7 Å². The highest BCUT2D eigenvalue weighted by Crippen LogP contribution is 2.24. The van der Waals surface area contributed by atoms with Crippen molar-refractivity contribution in [1.82, 2.24) is 0 Å². The van der Waals surface area contributed by atoms with E-state index in [9.17, 15) is 5.11 Å². The molecule has 0 aromatic heterocycles. The molecule has 0 saturated carbocycles. The van der Waals surface area contributed by atoms with Crippen LogP contribution in [0.3, 0.4) is 0 Å². The second-order valence-electron chi connectivity index (χ2n) is 6.04. The summed E-state index contributed by atoms with van der Waals surface area (Å²) in [6, 6.07) is 15.3. The van der Waals surface area contributed by atoms with Gasteiger partial charge < -0.3 is 5.11 Å². The Morgan fingerprint density at radius 1 is 0.905 bits per heavy atom. The third-order valence-electron chi connectivity index (χ3n) is 4.38. The zero-order valence-corrected chi connectivity index (χ0v) is 13.8. The average Bonchev–Trinajstić information content (AvgIpc) is 2.96. The molecule has 2 heteroatoms. The summed E-state index contributed by atoms with van der Waals surface area (Å²) in [5.41, 5.74) is 5.70. The summed E-state index contributed by atoms with van der Waals surface area (Å²) in [7, 11) is 0. The molecule has 0 amide bonds. The Kier molecular flexibility index (Phi) is 4.77. The van der Waals surface area contributed by atoms with E-state index < -0.39 is 0 Å². The number of halogens is 1. The van der Waals surface area contributed by atoms with E-state index in [1.807, 2.05) is 0 Å². The van der Waals surface area contributed by atoms with Crippen molar-refractivity contribution in [2.45, 2.75) is 32.1 Å². The quantitative estimate of drug-likeness (QED) is 0.855. The third kappa shape index (κ3) is 3.75. The maximum atomic E-state index is 9.69. The normalized spacial score (nSPS) is 15.0. The van der Waals surface area contributed by atoms with Crippen molar-refractivity contribution in [3.05, 3.63) is 69.2 Å². The first-order chi connectivity index (χ1) is 10.2. The molecule has 2 aromatic rings. The average molecular weight is 345 g/mol. The van der Waals surface area contributed by atoms with Gasteiger partial charge in [0, 0.05) is 11.1 Å². The van der Waals surface area contributed by atoms with E-state index >= 15 is 0 Å². The fraction of sp³-hybridized carbons (Fsp3) is 0.368. The number of aryl methyl sites for hydroxylation is 2. The van der Waals surface area contributed by atoms with Crippen molar-refractivity contribution >= 4 is 15.9 Å². The Bertz CT molecular complexity index is 603. The third-order valence-corrected chi connectivity index (χ3v) is 4.91. The summed E-state index contributed by atoms with van der Waals surface area (Å²) in [5.74, 6) is 0.297. The SMILES string of the molecule is OCC(Cc1ccc(Br)cc1)Cc1ccc2c(c1)CCC2. The number of fused-ring (bicyclic) bond motifs is 1. The molecule has 0 bridgehead atoms.